The maximum atomic E-state index is 10.9. The van der Waals surface area contributed by atoms with Gasteiger partial charge in [-0.1, -0.05) is 28.1 Å². The second-order valence-corrected chi connectivity index (χ2v) is 5.24. The number of halogens is 1. The molecule has 0 aromatic heterocycles. The highest BCUT2D eigenvalue weighted by Gasteiger charge is 2.41. The van der Waals surface area contributed by atoms with Crippen molar-refractivity contribution in [1.29, 1.82) is 0 Å². The predicted octanol–water partition coefficient (Wildman–Crippen LogP) is 1.81. The molecule has 2 atom stereocenters. The molecular formula is C10H11BrO4. The minimum Gasteiger partial charge on any atom is -0.481 e. The maximum absolute atomic E-state index is 10.9. The third kappa shape index (κ3) is 1.97. The van der Waals surface area contributed by atoms with E-state index in [1.165, 1.54) is 12.2 Å². The number of hydrogen-bond acceptors (Lipinski definition) is 2. The Morgan fingerprint density at radius 1 is 1.47 bits per heavy atom. The van der Waals surface area contributed by atoms with E-state index in [9.17, 15) is 9.59 Å². The van der Waals surface area contributed by atoms with E-state index in [4.69, 9.17) is 10.2 Å². The zero-order chi connectivity index (χ0) is 11.8. The topological polar surface area (TPSA) is 74.6 Å². The van der Waals surface area contributed by atoms with E-state index in [-0.39, 0.29) is 5.57 Å². The molecule has 2 unspecified atom stereocenters. The van der Waals surface area contributed by atoms with Gasteiger partial charge in [-0.3, -0.25) is 4.79 Å². The van der Waals surface area contributed by atoms with Crippen molar-refractivity contribution in [2.24, 2.45) is 5.92 Å². The number of carboxylic acids is 2. The van der Waals surface area contributed by atoms with Crippen LogP contribution < -0.4 is 0 Å². The van der Waals surface area contributed by atoms with Crippen molar-refractivity contribution >= 4 is 27.9 Å². The first-order valence-electron chi connectivity index (χ1n) is 4.33. The SMILES string of the molecule is CC1=C(C(=O)O)C=CC(C(=O)O)C1(C)Br. The van der Waals surface area contributed by atoms with Crippen molar-refractivity contribution < 1.29 is 19.8 Å². The van der Waals surface area contributed by atoms with Crippen molar-refractivity contribution in [1.82, 2.24) is 0 Å². The molecule has 0 amide bonds. The van der Waals surface area contributed by atoms with Gasteiger partial charge >= 0.3 is 11.9 Å². The normalized spacial score (nSPS) is 30.5. The first kappa shape index (κ1) is 12.0. The second kappa shape index (κ2) is 3.81. The molecule has 0 heterocycles. The number of allylic oxidation sites excluding steroid dienone is 1. The molecule has 0 aromatic rings. The quantitative estimate of drug-likeness (QED) is 0.754. The largest absolute Gasteiger partial charge is 0.481 e. The van der Waals surface area contributed by atoms with Gasteiger partial charge in [-0.05, 0) is 19.4 Å². The molecule has 0 aromatic carbocycles. The van der Waals surface area contributed by atoms with Gasteiger partial charge < -0.3 is 10.2 Å². The van der Waals surface area contributed by atoms with Crippen LogP contribution in [0.15, 0.2) is 23.3 Å². The Balaban J connectivity index is 3.23. The standard InChI is InChI=1S/C10H11BrO4/c1-5-6(8(12)13)3-4-7(9(14)15)10(5,2)11/h3-4,7H,1-2H3,(H,12,13)(H,14,15). The number of rotatable bonds is 2. The molecule has 82 valence electrons. The van der Waals surface area contributed by atoms with Gasteiger partial charge in [-0.2, -0.15) is 0 Å². The van der Waals surface area contributed by atoms with E-state index in [0.717, 1.165) is 0 Å². The zero-order valence-electron chi connectivity index (χ0n) is 8.32. The fourth-order valence-corrected chi connectivity index (χ4v) is 2.10. The minimum atomic E-state index is -1.04. The van der Waals surface area contributed by atoms with E-state index < -0.39 is 22.2 Å². The van der Waals surface area contributed by atoms with Crippen molar-refractivity contribution in [3.63, 3.8) is 0 Å². The molecule has 0 saturated heterocycles. The van der Waals surface area contributed by atoms with Gasteiger partial charge in [0, 0.05) is 0 Å². The molecule has 0 spiro atoms. The highest BCUT2D eigenvalue weighted by molar-refractivity contribution is 9.10. The summed E-state index contributed by atoms with van der Waals surface area (Å²) in [7, 11) is 0. The summed E-state index contributed by atoms with van der Waals surface area (Å²) in [6.07, 6.45) is 2.74. The van der Waals surface area contributed by atoms with Crippen molar-refractivity contribution in [2.45, 2.75) is 18.2 Å². The van der Waals surface area contributed by atoms with Gasteiger partial charge in [0.25, 0.3) is 0 Å². The highest BCUT2D eigenvalue weighted by Crippen LogP contribution is 2.40. The first-order valence-corrected chi connectivity index (χ1v) is 5.12. The average molecular weight is 275 g/mol. The zero-order valence-corrected chi connectivity index (χ0v) is 9.91. The van der Waals surface area contributed by atoms with E-state index >= 15 is 0 Å². The van der Waals surface area contributed by atoms with Gasteiger partial charge in [0.05, 0.1) is 15.8 Å². The van der Waals surface area contributed by atoms with Crippen molar-refractivity contribution in [2.75, 3.05) is 0 Å². The molecule has 1 rings (SSSR count). The fourth-order valence-electron chi connectivity index (χ4n) is 1.54. The molecule has 0 bridgehead atoms. The first-order chi connectivity index (χ1) is 6.78. The summed E-state index contributed by atoms with van der Waals surface area (Å²) in [6, 6.07) is 0. The Kier molecular flexibility index (Phi) is 3.04. The van der Waals surface area contributed by atoms with E-state index in [1.807, 2.05) is 0 Å². The minimum absolute atomic E-state index is 0.145. The van der Waals surface area contributed by atoms with Crippen LogP contribution in [0.1, 0.15) is 13.8 Å². The molecule has 5 heteroatoms. The third-order valence-corrected chi connectivity index (χ3v) is 3.76. The Bertz CT molecular complexity index is 379. The number of hydrogen-bond donors (Lipinski definition) is 2. The molecule has 2 N–H and O–H groups in total. The van der Waals surface area contributed by atoms with Crippen molar-refractivity contribution in [3.8, 4) is 0 Å². The lowest BCUT2D eigenvalue weighted by atomic mass is 9.81. The maximum Gasteiger partial charge on any atom is 0.335 e. The fraction of sp³-hybridized carbons (Fsp3) is 0.400. The molecular weight excluding hydrogens is 264 g/mol. The molecule has 1 aliphatic carbocycles. The van der Waals surface area contributed by atoms with Gasteiger partial charge in [-0.25, -0.2) is 4.79 Å². The van der Waals surface area contributed by atoms with Crippen LogP contribution in [-0.4, -0.2) is 26.5 Å². The highest BCUT2D eigenvalue weighted by atomic mass is 79.9. The number of aliphatic carboxylic acids is 2. The molecule has 15 heavy (non-hydrogen) atoms. The monoisotopic (exact) mass is 274 g/mol. The lowest BCUT2D eigenvalue weighted by molar-refractivity contribution is -0.141. The summed E-state index contributed by atoms with van der Waals surface area (Å²) in [5, 5.41) is 17.9. The van der Waals surface area contributed by atoms with Crippen LogP contribution >= 0.6 is 15.9 Å². The second-order valence-electron chi connectivity index (χ2n) is 3.59. The lowest BCUT2D eigenvalue weighted by Gasteiger charge is -2.32. The Morgan fingerprint density at radius 3 is 2.40 bits per heavy atom. The molecule has 0 saturated carbocycles. The predicted molar refractivity (Wildman–Crippen MR) is 57.9 cm³/mol. The number of carbonyl (C=O) groups is 2. The smallest absolute Gasteiger partial charge is 0.335 e. The Labute approximate surface area is 95.4 Å². The van der Waals surface area contributed by atoms with E-state index in [0.29, 0.717) is 5.57 Å². The van der Waals surface area contributed by atoms with Crippen LogP contribution in [0.5, 0.6) is 0 Å². The Hall–Kier alpha value is -1.10. The van der Waals surface area contributed by atoms with Crippen LogP contribution in [0, 0.1) is 5.92 Å². The van der Waals surface area contributed by atoms with Crippen LogP contribution in [0.4, 0.5) is 0 Å². The van der Waals surface area contributed by atoms with Crippen LogP contribution in [0.2, 0.25) is 0 Å². The summed E-state index contributed by atoms with van der Waals surface area (Å²) in [5.41, 5.74) is 0.664. The van der Waals surface area contributed by atoms with Crippen LogP contribution in [-0.2, 0) is 9.59 Å². The summed E-state index contributed by atoms with van der Waals surface area (Å²) in [5.74, 6) is -2.77. The Morgan fingerprint density at radius 2 is 2.00 bits per heavy atom. The molecule has 0 radical (unpaired) electrons. The van der Waals surface area contributed by atoms with Gasteiger partial charge in [0.2, 0.25) is 0 Å². The molecule has 0 fully saturated rings. The third-order valence-electron chi connectivity index (χ3n) is 2.67. The molecule has 0 aliphatic heterocycles. The van der Waals surface area contributed by atoms with Crippen LogP contribution in [0.25, 0.3) is 0 Å². The van der Waals surface area contributed by atoms with Crippen LogP contribution in [0.3, 0.4) is 0 Å². The molecule has 4 nitrogen and oxygen atoms in total. The summed E-state index contributed by atoms with van der Waals surface area (Å²) < 4.78 is -0.846. The number of carboxylic acid groups (broad SMARTS) is 2. The summed E-state index contributed by atoms with van der Waals surface area (Å²) in [6.45, 7) is 3.28. The molecule has 1 aliphatic rings. The summed E-state index contributed by atoms with van der Waals surface area (Å²) >= 11 is 3.28. The van der Waals surface area contributed by atoms with Gasteiger partial charge in [-0.15, -0.1) is 0 Å². The summed E-state index contributed by atoms with van der Waals surface area (Å²) in [4.78, 5) is 21.8. The number of alkyl halides is 1. The lowest BCUT2D eigenvalue weighted by Crippen LogP contribution is -2.37. The van der Waals surface area contributed by atoms with E-state index in [2.05, 4.69) is 15.9 Å². The van der Waals surface area contributed by atoms with Gasteiger partial charge in [0.1, 0.15) is 0 Å². The average Bonchev–Trinajstić information content (AvgIpc) is 2.07. The van der Waals surface area contributed by atoms with Gasteiger partial charge in [0.15, 0.2) is 0 Å². The van der Waals surface area contributed by atoms with Crippen molar-refractivity contribution in [3.05, 3.63) is 23.3 Å². The van der Waals surface area contributed by atoms with E-state index in [1.54, 1.807) is 13.8 Å².